The quantitative estimate of drug-likeness (QED) is 0.270. The van der Waals surface area contributed by atoms with Gasteiger partial charge in [-0.2, -0.15) is 0 Å². The Morgan fingerprint density at radius 1 is 0.943 bits per heavy atom. The van der Waals surface area contributed by atoms with Crippen LogP contribution in [0.5, 0.6) is 0 Å². The van der Waals surface area contributed by atoms with E-state index in [1.165, 1.54) is 22.3 Å². The number of nitrogens with one attached hydrogen (secondary N) is 1. The summed E-state index contributed by atoms with van der Waals surface area (Å²) in [6.45, 7) is 8.21. The number of hydrogen-bond acceptors (Lipinski definition) is 4. The third kappa shape index (κ3) is 5.98. The minimum absolute atomic E-state index is 0.326. The van der Waals surface area contributed by atoms with E-state index in [0.29, 0.717) is 6.61 Å². The van der Waals surface area contributed by atoms with E-state index in [1.54, 1.807) is 4.57 Å². The minimum atomic E-state index is -0.326. The van der Waals surface area contributed by atoms with Crippen molar-refractivity contribution in [1.29, 1.82) is 0 Å². The van der Waals surface area contributed by atoms with Gasteiger partial charge in [0.15, 0.2) is 0 Å². The first kappa shape index (κ1) is 24.7. The van der Waals surface area contributed by atoms with Crippen LogP contribution >= 0.6 is 0 Å². The summed E-state index contributed by atoms with van der Waals surface area (Å²) in [5.74, 6) is 0. The number of carbonyl (C=O) groups is 1. The van der Waals surface area contributed by atoms with E-state index in [9.17, 15) is 4.79 Å². The molecule has 5 nitrogen and oxygen atoms in total. The second-order valence-corrected chi connectivity index (χ2v) is 9.07. The van der Waals surface area contributed by atoms with E-state index in [1.807, 2.05) is 37.5 Å². The van der Waals surface area contributed by atoms with Gasteiger partial charge >= 0.3 is 6.09 Å². The number of carbonyl (C=O) groups excluding carboxylic acids is 1. The number of aryl methyl sites for hydroxylation is 3. The van der Waals surface area contributed by atoms with E-state index in [4.69, 9.17) is 4.74 Å². The van der Waals surface area contributed by atoms with Gasteiger partial charge in [0.2, 0.25) is 0 Å². The maximum atomic E-state index is 13.1. The first-order chi connectivity index (χ1) is 17.1. The standard InChI is InChI=1S/C30H35N3O2/c1-4-35-30(34)33-28-11-6-5-10-26(28)27(29(33)25-20-22(2)19-23(3)21-25)14-18-31-15-8-7-9-24-12-16-32-17-13-24/h5-6,10-13,16-17,19-21,31H,4,7-9,14-15,18H2,1-3H3. The van der Waals surface area contributed by atoms with E-state index in [0.717, 1.165) is 60.9 Å². The largest absolute Gasteiger partial charge is 0.449 e. The molecule has 0 fully saturated rings. The molecule has 0 aliphatic heterocycles. The van der Waals surface area contributed by atoms with Gasteiger partial charge in [0.05, 0.1) is 17.8 Å². The monoisotopic (exact) mass is 469 g/mol. The molecule has 0 spiro atoms. The van der Waals surface area contributed by atoms with Gasteiger partial charge in [-0.05, 0) is 107 Å². The summed E-state index contributed by atoms with van der Waals surface area (Å²) in [5.41, 5.74) is 7.77. The number of fused-ring (bicyclic) bond motifs is 1. The molecule has 0 bridgehead atoms. The lowest BCUT2D eigenvalue weighted by atomic mass is 9.99. The van der Waals surface area contributed by atoms with Crippen LogP contribution in [0.1, 0.15) is 42.0 Å². The Morgan fingerprint density at radius 3 is 2.43 bits per heavy atom. The summed E-state index contributed by atoms with van der Waals surface area (Å²) in [6.07, 6.45) is 7.56. The lowest BCUT2D eigenvalue weighted by Gasteiger charge is -2.13. The fraction of sp³-hybridized carbons (Fsp3) is 0.333. The topological polar surface area (TPSA) is 56.1 Å². The summed E-state index contributed by atoms with van der Waals surface area (Å²) in [4.78, 5) is 17.2. The van der Waals surface area contributed by atoms with Crippen LogP contribution in [0.2, 0.25) is 0 Å². The number of benzene rings is 2. The summed E-state index contributed by atoms with van der Waals surface area (Å²) in [5, 5.41) is 4.72. The second kappa shape index (κ2) is 11.8. The van der Waals surface area contributed by atoms with E-state index >= 15 is 0 Å². The highest BCUT2D eigenvalue weighted by atomic mass is 16.5. The molecule has 4 rings (SSSR count). The third-order valence-corrected chi connectivity index (χ3v) is 6.30. The molecular weight excluding hydrogens is 434 g/mol. The van der Waals surface area contributed by atoms with Crippen molar-refractivity contribution in [1.82, 2.24) is 14.9 Å². The van der Waals surface area contributed by atoms with E-state index in [2.05, 4.69) is 60.5 Å². The van der Waals surface area contributed by atoms with Gasteiger partial charge in [0, 0.05) is 17.8 Å². The van der Waals surface area contributed by atoms with Crippen LogP contribution in [0.3, 0.4) is 0 Å². The van der Waals surface area contributed by atoms with Crippen LogP contribution in [-0.4, -0.2) is 35.3 Å². The smallest absolute Gasteiger partial charge is 0.418 e. The average molecular weight is 470 g/mol. The van der Waals surface area contributed by atoms with Gasteiger partial charge in [-0.25, -0.2) is 9.36 Å². The molecule has 35 heavy (non-hydrogen) atoms. The molecule has 5 heteroatoms. The average Bonchev–Trinajstić information content (AvgIpc) is 3.18. The maximum absolute atomic E-state index is 13.1. The van der Waals surface area contributed by atoms with Crippen LogP contribution in [0.25, 0.3) is 22.2 Å². The summed E-state index contributed by atoms with van der Waals surface area (Å²) in [7, 11) is 0. The molecule has 0 atom stereocenters. The zero-order valence-corrected chi connectivity index (χ0v) is 21.0. The molecule has 0 aliphatic carbocycles. The summed E-state index contributed by atoms with van der Waals surface area (Å²) >= 11 is 0. The fourth-order valence-corrected chi connectivity index (χ4v) is 4.82. The number of pyridine rings is 1. The molecule has 4 aromatic rings. The Bertz CT molecular complexity index is 1260. The Morgan fingerprint density at radius 2 is 1.69 bits per heavy atom. The lowest BCUT2D eigenvalue weighted by Crippen LogP contribution is -2.19. The number of nitrogens with zero attached hydrogens (tertiary/aromatic N) is 2. The molecule has 182 valence electrons. The highest BCUT2D eigenvalue weighted by Crippen LogP contribution is 2.35. The summed E-state index contributed by atoms with van der Waals surface area (Å²) in [6, 6.07) is 18.8. The van der Waals surface area contributed by atoms with Crippen molar-refractivity contribution in [2.75, 3.05) is 19.7 Å². The van der Waals surface area contributed by atoms with Gasteiger partial charge in [0.25, 0.3) is 0 Å². The van der Waals surface area contributed by atoms with Crippen LogP contribution in [-0.2, 0) is 17.6 Å². The molecule has 2 aromatic heterocycles. The van der Waals surface area contributed by atoms with Gasteiger partial charge in [0.1, 0.15) is 0 Å². The minimum Gasteiger partial charge on any atom is -0.449 e. The maximum Gasteiger partial charge on any atom is 0.418 e. The van der Waals surface area contributed by atoms with Crippen LogP contribution in [0, 0.1) is 13.8 Å². The molecule has 0 aliphatic rings. The van der Waals surface area contributed by atoms with Gasteiger partial charge in [-0.1, -0.05) is 35.4 Å². The zero-order valence-electron chi connectivity index (χ0n) is 21.0. The first-order valence-electron chi connectivity index (χ1n) is 12.6. The lowest BCUT2D eigenvalue weighted by molar-refractivity contribution is 0.155. The Kier molecular flexibility index (Phi) is 8.32. The highest BCUT2D eigenvalue weighted by Gasteiger charge is 2.23. The molecule has 0 amide bonds. The number of para-hydroxylation sites is 1. The predicted octanol–water partition coefficient (Wildman–Crippen LogP) is 6.48. The molecule has 0 radical (unpaired) electrons. The van der Waals surface area contributed by atoms with E-state index in [-0.39, 0.29) is 6.09 Å². The van der Waals surface area contributed by atoms with Crippen molar-refractivity contribution in [2.45, 2.75) is 46.5 Å². The van der Waals surface area contributed by atoms with Crippen molar-refractivity contribution in [3.63, 3.8) is 0 Å². The molecular formula is C30H35N3O2. The molecule has 0 saturated carbocycles. The van der Waals surface area contributed by atoms with Crippen molar-refractivity contribution in [3.8, 4) is 11.3 Å². The first-order valence-corrected chi connectivity index (χ1v) is 12.6. The van der Waals surface area contributed by atoms with Gasteiger partial charge < -0.3 is 10.1 Å². The van der Waals surface area contributed by atoms with Gasteiger partial charge in [-0.3, -0.25) is 4.98 Å². The number of rotatable bonds is 10. The fourth-order valence-electron chi connectivity index (χ4n) is 4.82. The highest BCUT2D eigenvalue weighted by molar-refractivity contribution is 5.99. The number of hydrogen-bond donors (Lipinski definition) is 1. The van der Waals surface area contributed by atoms with Crippen LogP contribution < -0.4 is 5.32 Å². The summed E-state index contributed by atoms with van der Waals surface area (Å²) < 4.78 is 7.24. The van der Waals surface area contributed by atoms with Crippen molar-refractivity contribution in [3.05, 3.63) is 89.2 Å². The van der Waals surface area contributed by atoms with E-state index < -0.39 is 0 Å². The Balaban J connectivity index is 1.55. The Labute approximate surface area is 208 Å². The van der Waals surface area contributed by atoms with Crippen LogP contribution in [0.4, 0.5) is 4.79 Å². The number of ether oxygens (including phenoxy) is 1. The zero-order chi connectivity index (χ0) is 24.6. The molecule has 0 saturated heterocycles. The number of aromatic nitrogens is 2. The molecule has 2 aromatic carbocycles. The van der Waals surface area contributed by atoms with Crippen molar-refractivity contribution < 1.29 is 9.53 Å². The predicted molar refractivity (Wildman–Crippen MR) is 143 cm³/mol. The second-order valence-electron chi connectivity index (χ2n) is 9.07. The molecule has 2 heterocycles. The van der Waals surface area contributed by atoms with Crippen molar-refractivity contribution in [2.24, 2.45) is 0 Å². The molecule has 0 unspecified atom stereocenters. The third-order valence-electron chi connectivity index (χ3n) is 6.30. The Hall–Kier alpha value is -3.44. The van der Waals surface area contributed by atoms with Gasteiger partial charge in [-0.15, -0.1) is 0 Å². The number of unbranched alkanes of at least 4 members (excludes halogenated alkanes) is 1. The SMILES string of the molecule is CCOC(=O)n1c(-c2cc(C)cc(C)c2)c(CCNCCCCc2ccncc2)c2ccccc21. The van der Waals surface area contributed by atoms with Crippen molar-refractivity contribution >= 4 is 17.0 Å². The normalized spacial score (nSPS) is 11.2. The molecule has 1 N–H and O–H groups in total. The van der Waals surface area contributed by atoms with Crippen LogP contribution in [0.15, 0.2) is 67.0 Å².